The van der Waals surface area contributed by atoms with Crippen molar-refractivity contribution in [1.82, 2.24) is 15.2 Å². The summed E-state index contributed by atoms with van der Waals surface area (Å²) in [5, 5.41) is 3.03. The number of aryl methyl sites for hydroxylation is 1. The van der Waals surface area contributed by atoms with E-state index in [9.17, 15) is 18.0 Å². The van der Waals surface area contributed by atoms with Gasteiger partial charge in [0.2, 0.25) is 0 Å². The van der Waals surface area contributed by atoms with Crippen LogP contribution in [0.3, 0.4) is 0 Å². The Morgan fingerprint density at radius 3 is 2.51 bits per heavy atom. The molecule has 0 saturated heterocycles. The number of hydrogen-bond donors (Lipinski definition) is 1. The van der Waals surface area contributed by atoms with Gasteiger partial charge in [-0.1, -0.05) is 31.6 Å². The summed E-state index contributed by atoms with van der Waals surface area (Å²) in [5.41, 5.74) is 6.01. The topological polar surface area (TPSA) is 54.5 Å². The molecule has 1 aliphatic rings. The minimum absolute atomic E-state index is 0.242. The molecule has 196 valence electrons. The molecule has 3 rings (SSSR count). The van der Waals surface area contributed by atoms with E-state index in [1.165, 1.54) is 7.11 Å². The van der Waals surface area contributed by atoms with Gasteiger partial charge in [-0.25, -0.2) is 4.79 Å². The SMILES string of the molecule is C/C=C(/c1ccc(C(=O)OC)c(C)c1)N1C=C(c2ccncc2)C=C(NCCC(F)(F)F)/C1=C\CCC. The Kier molecular flexibility index (Phi) is 9.33. The highest BCUT2D eigenvalue weighted by atomic mass is 19.4. The number of hydrogen-bond acceptors (Lipinski definition) is 5. The van der Waals surface area contributed by atoms with Gasteiger partial charge < -0.3 is 15.0 Å². The maximum atomic E-state index is 12.9. The van der Waals surface area contributed by atoms with E-state index in [0.717, 1.165) is 46.5 Å². The van der Waals surface area contributed by atoms with Crippen molar-refractivity contribution in [3.05, 3.63) is 101 Å². The van der Waals surface area contributed by atoms with Crippen molar-refractivity contribution in [3.63, 3.8) is 0 Å². The Morgan fingerprint density at radius 1 is 1.19 bits per heavy atom. The smallest absolute Gasteiger partial charge is 0.390 e. The van der Waals surface area contributed by atoms with E-state index < -0.39 is 18.6 Å². The number of ether oxygens (including phenoxy) is 1. The summed E-state index contributed by atoms with van der Waals surface area (Å²) in [6, 6.07) is 9.21. The van der Waals surface area contributed by atoms with Crippen molar-refractivity contribution >= 4 is 17.2 Å². The normalized spacial score (nSPS) is 15.4. The molecule has 0 aliphatic carbocycles. The molecule has 0 fully saturated rings. The summed E-state index contributed by atoms with van der Waals surface area (Å²) in [7, 11) is 1.34. The van der Waals surface area contributed by atoms with Crippen LogP contribution in [-0.4, -0.2) is 35.7 Å². The van der Waals surface area contributed by atoms with Crippen LogP contribution in [0.5, 0.6) is 0 Å². The number of unbranched alkanes of at least 4 members (excludes halogenated alkanes) is 1. The summed E-state index contributed by atoms with van der Waals surface area (Å²) < 4.78 is 43.7. The summed E-state index contributed by atoms with van der Waals surface area (Å²) in [6.45, 7) is 5.56. The Balaban J connectivity index is 2.11. The lowest BCUT2D eigenvalue weighted by Crippen LogP contribution is -2.29. The number of pyridine rings is 1. The van der Waals surface area contributed by atoms with E-state index in [1.807, 2.05) is 67.4 Å². The zero-order valence-corrected chi connectivity index (χ0v) is 21.5. The molecule has 1 aromatic carbocycles. The van der Waals surface area contributed by atoms with Gasteiger partial charge in [-0.3, -0.25) is 4.98 Å². The van der Waals surface area contributed by atoms with Crippen LogP contribution in [-0.2, 0) is 4.74 Å². The van der Waals surface area contributed by atoms with Crippen molar-refractivity contribution in [1.29, 1.82) is 0 Å². The molecule has 8 heteroatoms. The van der Waals surface area contributed by atoms with Crippen LogP contribution >= 0.6 is 0 Å². The van der Waals surface area contributed by atoms with Gasteiger partial charge in [-0.05, 0) is 67.3 Å². The van der Waals surface area contributed by atoms with E-state index in [0.29, 0.717) is 11.3 Å². The first-order chi connectivity index (χ1) is 17.7. The fraction of sp³-hybridized carbons (Fsp3) is 0.310. The fourth-order valence-electron chi connectivity index (χ4n) is 4.08. The molecule has 2 aromatic rings. The van der Waals surface area contributed by atoms with Gasteiger partial charge in [0.05, 0.1) is 30.5 Å². The van der Waals surface area contributed by atoms with Crippen LogP contribution in [0.2, 0.25) is 0 Å². The van der Waals surface area contributed by atoms with Gasteiger partial charge in [0.1, 0.15) is 0 Å². The monoisotopic (exact) mass is 511 g/mol. The number of methoxy groups -OCH3 is 1. The van der Waals surface area contributed by atoms with Crippen LogP contribution in [0.1, 0.15) is 60.2 Å². The van der Waals surface area contributed by atoms with Crippen LogP contribution in [0.4, 0.5) is 13.2 Å². The van der Waals surface area contributed by atoms with Crippen LogP contribution in [0, 0.1) is 6.92 Å². The second-order valence-corrected chi connectivity index (χ2v) is 8.61. The third kappa shape index (κ3) is 7.12. The quantitative estimate of drug-likeness (QED) is 0.367. The number of rotatable bonds is 9. The zero-order chi connectivity index (χ0) is 27.0. The lowest BCUT2D eigenvalue weighted by Gasteiger charge is -2.33. The molecule has 1 N–H and O–H groups in total. The molecule has 0 saturated carbocycles. The summed E-state index contributed by atoms with van der Waals surface area (Å²) in [5.74, 6) is -0.411. The van der Waals surface area contributed by atoms with Crippen molar-refractivity contribution in [2.45, 2.75) is 46.2 Å². The second kappa shape index (κ2) is 12.4. The molecule has 1 aromatic heterocycles. The summed E-state index contributed by atoms with van der Waals surface area (Å²) in [6.07, 6.45) is 7.63. The predicted octanol–water partition coefficient (Wildman–Crippen LogP) is 7.00. The number of carbonyl (C=O) groups excluding carboxylic acids is 1. The van der Waals surface area contributed by atoms with Crippen molar-refractivity contribution in [3.8, 4) is 0 Å². The fourth-order valence-corrected chi connectivity index (χ4v) is 4.08. The summed E-state index contributed by atoms with van der Waals surface area (Å²) >= 11 is 0. The highest BCUT2D eigenvalue weighted by Crippen LogP contribution is 2.36. The van der Waals surface area contributed by atoms with E-state index in [2.05, 4.69) is 17.2 Å². The predicted molar refractivity (Wildman–Crippen MR) is 140 cm³/mol. The van der Waals surface area contributed by atoms with Crippen molar-refractivity contribution < 1.29 is 22.7 Å². The standard InChI is InChI=1S/C29H32F3N3O2/c1-5-7-8-27-25(34-16-13-29(30,31)32)18-23(21-11-14-33-15-12-21)19-35(27)26(6-2)22-9-10-24(20(3)17-22)28(36)37-4/h6,8-12,14-15,17-19,34H,5,7,13,16H2,1-4H3/b26-6-,27-8+. The Hall–Kier alpha value is -3.81. The number of aromatic nitrogens is 1. The first kappa shape index (κ1) is 27.8. The molecular formula is C29H32F3N3O2. The molecule has 0 atom stereocenters. The first-order valence-electron chi connectivity index (χ1n) is 12.2. The molecular weight excluding hydrogens is 479 g/mol. The molecule has 1 aliphatic heterocycles. The van der Waals surface area contributed by atoms with Gasteiger partial charge in [0.25, 0.3) is 0 Å². The van der Waals surface area contributed by atoms with E-state index in [4.69, 9.17) is 4.74 Å². The summed E-state index contributed by atoms with van der Waals surface area (Å²) in [4.78, 5) is 18.2. The van der Waals surface area contributed by atoms with Gasteiger partial charge in [0, 0.05) is 36.4 Å². The number of nitrogens with one attached hydrogen (secondary N) is 1. The van der Waals surface area contributed by atoms with Crippen LogP contribution < -0.4 is 5.32 Å². The Bertz CT molecular complexity index is 1230. The Morgan fingerprint density at radius 2 is 1.92 bits per heavy atom. The van der Waals surface area contributed by atoms with Gasteiger partial charge >= 0.3 is 12.1 Å². The first-order valence-corrected chi connectivity index (χ1v) is 12.2. The largest absolute Gasteiger partial charge is 0.465 e. The number of alkyl halides is 3. The average molecular weight is 512 g/mol. The maximum Gasteiger partial charge on any atom is 0.390 e. The van der Waals surface area contributed by atoms with Crippen molar-refractivity contribution in [2.75, 3.05) is 13.7 Å². The molecule has 0 amide bonds. The lowest BCUT2D eigenvalue weighted by molar-refractivity contribution is -0.133. The Labute approximate surface area is 216 Å². The van der Waals surface area contributed by atoms with E-state index in [1.54, 1.807) is 18.5 Å². The number of nitrogens with zero attached hydrogens (tertiary/aromatic N) is 2. The molecule has 0 radical (unpaired) electrons. The molecule has 0 spiro atoms. The lowest BCUT2D eigenvalue weighted by atomic mass is 9.98. The molecule has 0 bridgehead atoms. The minimum Gasteiger partial charge on any atom is -0.465 e. The van der Waals surface area contributed by atoms with Crippen LogP contribution in [0.15, 0.2) is 78.5 Å². The molecule has 2 heterocycles. The van der Waals surface area contributed by atoms with Gasteiger partial charge in [-0.15, -0.1) is 0 Å². The van der Waals surface area contributed by atoms with E-state index in [-0.39, 0.29) is 6.54 Å². The van der Waals surface area contributed by atoms with Gasteiger partial charge in [-0.2, -0.15) is 13.2 Å². The van der Waals surface area contributed by atoms with E-state index >= 15 is 0 Å². The number of esters is 1. The highest BCUT2D eigenvalue weighted by molar-refractivity contribution is 5.91. The average Bonchev–Trinajstić information content (AvgIpc) is 2.88. The minimum atomic E-state index is -4.26. The van der Waals surface area contributed by atoms with Crippen molar-refractivity contribution in [2.24, 2.45) is 0 Å². The second-order valence-electron chi connectivity index (χ2n) is 8.61. The number of halogens is 3. The molecule has 0 unspecified atom stereocenters. The number of benzene rings is 1. The third-order valence-corrected chi connectivity index (χ3v) is 5.93. The number of carbonyl (C=O) groups is 1. The molecule has 5 nitrogen and oxygen atoms in total. The maximum absolute atomic E-state index is 12.9. The van der Waals surface area contributed by atoms with Gasteiger partial charge in [0.15, 0.2) is 0 Å². The number of allylic oxidation sites excluding steroid dienone is 4. The third-order valence-electron chi connectivity index (χ3n) is 5.93. The molecule has 37 heavy (non-hydrogen) atoms. The zero-order valence-electron chi connectivity index (χ0n) is 21.5. The highest BCUT2D eigenvalue weighted by Gasteiger charge is 2.28. The van der Waals surface area contributed by atoms with Crippen LogP contribution in [0.25, 0.3) is 11.3 Å².